The number of nitrogens with zero attached hydrogens (tertiary/aromatic N) is 1. The van der Waals surface area contributed by atoms with E-state index in [1.165, 1.54) is 25.3 Å². The van der Waals surface area contributed by atoms with Gasteiger partial charge >= 0.3 is 0 Å². The molecule has 1 heterocycles. The fraction of sp³-hybridized carbons (Fsp3) is 0.533. The van der Waals surface area contributed by atoms with Crippen LogP contribution in [0.1, 0.15) is 45.6 Å². The molecule has 20 heavy (non-hydrogen) atoms. The molecule has 1 atom stereocenters. The molecule has 0 saturated heterocycles. The third kappa shape index (κ3) is 2.19. The number of imidazole rings is 1. The quantitative estimate of drug-likeness (QED) is 0.676. The number of aromatic amines is 1. The first-order valence-electron chi connectivity index (χ1n) is 6.99. The van der Waals surface area contributed by atoms with E-state index >= 15 is 0 Å². The lowest BCUT2D eigenvalue weighted by atomic mass is 9.73. The normalized spacial score (nSPS) is 22.3. The topological polar surface area (TPSA) is 20.7 Å². The first-order chi connectivity index (χ1) is 9.40. The van der Waals surface area contributed by atoms with Gasteiger partial charge < -0.3 is 9.55 Å². The van der Waals surface area contributed by atoms with Crippen LogP contribution in [0.15, 0.2) is 12.1 Å². The van der Waals surface area contributed by atoms with Gasteiger partial charge in [0.05, 0.1) is 16.1 Å². The zero-order chi connectivity index (χ0) is 14.5. The van der Waals surface area contributed by atoms with Crippen molar-refractivity contribution in [2.75, 3.05) is 0 Å². The highest BCUT2D eigenvalue weighted by atomic mass is 35.5. The van der Waals surface area contributed by atoms with Crippen molar-refractivity contribution >= 4 is 34.9 Å². The van der Waals surface area contributed by atoms with Gasteiger partial charge in [0.25, 0.3) is 0 Å². The molecule has 1 aromatic heterocycles. The number of H-pyrrole nitrogens is 1. The monoisotopic (exact) mass is 312 g/mol. The molecule has 108 valence electrons. The Kier molecular flexibility index (Phi) is 3.41. The summed E-state index contributed by atoms with van der Waals surface area (Å²) in [5, 5.41) is 0.147. The highest BCUT2D eigenvalue weighted by molar-refractivity contribution is 7.71. The van der Waals surface area contributed by atoms with Crippen LogP contribution in [0.5, 0.6) is 0 Å². The summed E-state index contributed by atoms with van der Waals surface area (Å²) in [5.41, 5.74) is 1.81. The van der Waals surface area contributed by atoms with Crippen molar-refractivity contribution in [3.63, 3.8) is 0 Å². The summed E-state index contributed by atoms with van der Waals surface area (Å²) >= 11 is 11.4. The largest absolute Gasteiger partial charge is 0.330 e. The summed E-state index contributed by atoms with van der Waals surface area (Å²) < 4.78 is 16.4. The van der Waals surface area contributed by atoms with Crippen LogP contribution in [0.25, 0.3) is 11.0 Å². The van der Waals surface area contributed by atoms with Gasteiger partial charge in [-0.1, -0.05) is 38.3 Å². The number of hydrogen-bond donors (Lipinski definition) is 1. The summed E-state index contributed by atoms with van der Waals surface area (Å²) in [6.45, 7) is 4.56. The van der Waals surface area contributed by atoms with Crippen molar-refractivity contribution in [1.82, 2.24) is 9.55 Å². The molecular formula is C15H18ClFN2S. The molecule has 1 fully saturated rings. The Morgan fingerprint density at radius 1 is 1.40 bits per heavy atom. The van der Waals surface area contributed by atoms with Gasteiger partial charge in [0.1, 0.15) is 5.82 Å². The molecule has 0 amide bonds. The van der Waals surface area contributed by atoms with Crippen LogP contribution >= 0.6 is 23.8 Å². The predicted octanol–water partition coefficient (Wildman–Crippen LogP) is 5.63. The molecule has 1 aliphatic rings. The van der Waals surface area contributed by atoms with E-state index in [2.05, 4.69) is 23.4 Å². The van der Waals surface area contributed by atoms with Gasteiger partial charge in [0.15, 0.2) is 4.77 Å². The summed E-state index contributed by atoms with van der Waals surface area (Å²) in [6.07, 6.45) is 4.75. The van der Waals surface area contributed by atoms with Crippen LogP contribution in [0, 0.1) is 16.0 Å². The van der Waals surface area contributed by atoms with Gasteiger partial charge in [-0.2, -0.15) is 0 Å². The Bertz CT molecular complexity index is 716. The van der Waals surface area contributed by atoms with E-state index < -0.39 is 5.82 Å². The van der Waals surface area contributed by atoms with E-state index in [0.29, 0.717) is 10.8 Å². The standard InChI is InChI=1S/C15H18ClFN2S/c1-15(2)6-4-3-5-13(15)19-12-7-9(16)10(17)8-11(12)18-14(19)20/h7-8,13H,3-6H2,1-2H3,(H,18,20). The van der Waals surface area contributed by atoms with Crippen molar-refractivity contribution in [1.29, 1.82) is 0 Å². The molecule has 1 aromatic carbocycles. The van der Waals surface area contributed by atoms with Crippen molar-refractivity contribution < 1.29 is 4.39 Å². The van der Waals surface area contributed by atoms with Crippen LogP contribution in [-0.4, -0.2) is 9.55 Å². The van der Waals surface area contributed by atoms with Gasteiger partial charge in [-0.15, -0.1) is 0 Å². The van der Waals surface area contributed by atoms with Gasteiger partial charge in [-0.05, 0) is 36.5 Å². The highest BCUT2D eigenvalue weighted by Gasteiger charge is 2.34. The van der Waals surface area contributed by atoms with E-state index in [-0.39, 0.29) is 10.4 Å². The van der Waals surface area contributed by atoms with Crippen molar-refractivity contribution in [3.8, 4) is 0 Å². The molecule has 1 N–H and O–H groups in total. The average molecular weight is 313 g/mol. The van der Waals surface area contributed by atoms with Crippen LogP contribution in [-0.2, 0) is 0 Å². The SMILES string of the molecule is CC1(C)CCCCC1n1c(=S)[nH]c2cc(F)c(Cl)cc21. The van der Waals surface area contributed by atoms with Gasteiger partial charge in [-0.3, -0.25) is 0 Å². The minimum absolute atomic E-state index is 0.147. The van der Waals surface area contributed by atoms with Crippen LogP contribution in [0.2, 0.25) is 5.02 Å². The van der Waals surface area contributed by atoms with Gasteiger partial charge in [0.2, 0.25) is 0 Å². The number of fused-ring (bicyclic) bond motifs is 1. The maximum absolute atomic E-state index is 13.6. The molecular weight excluding hydrogens is 295 g/mol. The molecule has 0 bridgehead atoms. The fourth-order valence-electron chi connectivity index (χ4n) is 3.38. The summed E-state index contributed by atoms with van der Waals surface area (Å²) in [4.78, 5) is 3.11. The molecule has 1 unspecified atom stereocenters. The molecule has 1 saturated carbocycles. The Morgan fingerprint density at radius 3 is 2.85 bits per heavy atom. The summed E-state index contributed by atoms with van der Waals surface area (Å²) in [6, 6.07) is 3.45. The van der Waals surface area contributed by atoms with E-state index in [1.54, 1.807) is 6.07 Å². The molecule has 1 aliphatic carbocycles. The zero-order valence-electron chi connectivity index (χ0n) is 11.7. The van der Waals surface area contributed by atoms with Gasteiger partial charge in [0, 0.05) is 12.1 Å². The molecule has 0 aliphatic heterocycles. The molecule has 2 aromatic rings. The maximum Gasteiger partial charge on any atom is 0.178 e. The number of hydrogen-bond acceptors (Lipinski definition) is 1. The minimum Gasteiger partial charge on any atom is -0.330 e. The highest BCUT2D eigenvalue weighted by Crippen LogP contribution is 2.45. The first-order valence-corrected chi connectivity index (χ1v) is 7.78. The Labute approximate surface area is 127 Å². The zero-order valence-corrected chi connectivity index (χ0v) is 13.2. The average Bonchev–Trinajstić information content (AvgIpc) is 2.65. The molecule has 0 radical (unpaired) electrons. The van der Waals surface area contributed by atoms with Crippen LogP contribution < -0.4 is 0 Å². The second kappa shape index (κ2) is 4.85. The maximum atomic E-state index is 13.6. The Balaban J connectivity index is 2.23. The Morgan fingerprint density at radius 2 is 2.15 bits per heavy atom. The lowest BCUT2D eigenvalue weighted by molar-refractivity contribution is 0.146. The van der Waals surface area contributed by atoms with Crippen molar-refractivity contribution in [2.24, 2.45) is 5.41 Å². The number of rotatable bonds is 1. The molecule has 5 heteroatoms. The number of benzene rings is 1. The van der Waals surface area contributed by atoms with E-state index in [9.17, 15) is 4.39 Å². The summed E-state index contributed by atoms with van der Waals surface area (Å²) in [5.74, 6) is -0.412. The van der Waals surface area contributed by atoms with Crippen molar-refractivity contribution in [2.45, 2.75) is 45.6 Å². The number of halogens is 2. The molecule has 3 rings (SSSR count). The second-order valence-electron chi connectivity index (χ2n) is 6.33. The van der Waals surface area contributed by atoms with Crippen molar-refractivity contribution in [3.05, 3.63) is 27.7 Å². The molecule has 2 nitrogen and oxygen atoms in total. The van der Waals surface area contributed by atoms with Crippen LogP contribution in [0.4, 0.5) is 4.39 Å². The van der Waals surface area contributed by atoms with Crippen LogP contribution in [0.3, 0.4) is 0 Å². The first kappa shape index (κ1) is 14.1. The molecule has 0 spiro atoms. The minimum atomic E-state index is -0.412. The number of aromatic nitrogens is 2. The lowest BCUT2D eigenvalue weighted by Crippen LogP contribution is -2.30. The fourth-order valence-corrected chi connectivity index (χ4v) is 3.88. The van der Waals surface area contributed by atoms with E-state index in [0.717, 1.165) is 17.5 Å². The second-order valence-corrected chi connectivity index (χ2v) is 7.13. The lowest BCUT2D eigenvalue weighted by Gasteiger charge is -2.39. The third-order valence-corrected chi connectivity index (χ3v) is 5.11. The predicted molar refractivity (Wildman–Crippen MR) is 83.4 cm³/mol. The Hall–Kier alpha value is -0.870. The smallest absolute Gasteiger partial charge is 0.178 e. The number of nitrogens with one attached hydrogen (secondary N) is 1. The van der Waals surface area contributed by atoms with E-state index in [1.807, 2.05) is 0 Å². The summed E-state index contributed by atoms with van der Waals surface area (Å²) in [7, 11) is 0. The van der Waals surface area contributed by atoms with E-state index in [4.69, 9.17) is 23.8 Å². The third-order valence-electron chi connectivity index (χ3n) is 4.52. The van der Waals surface area contributed by atoms with Gasteiger partial charge in [-0.25, -0.2) is 4.39 Å².